The maximum absolute atomic E-state index is 11.0. The number of carbonyl (C=O) groups is 1. The van der Waals surface area contributed by atoms with Crippen molar-refractivity contribution in [2.75, 3.05) is 18.5 Å². The van der Waals surface area contributed by atoms with Crippen molar-refractivity contribution in [1.82, 2.24) is 15.2 Å². The van der Waals surface area contributed by atoms with Crippen LogP contribution in [0.3, 0.4) is 0 Å². The highest BCUT2D eigenvalue weighted by molar-refractivity contribution is 5.72. The summed E-state index contributed by atoms with van der Waals surface area (Å²) in [6.45, 7) is 4.57. The van der Waals surface area contributed by atoms with Crippen LogP contribution >= 0.6 is 0 Å². The van der Waals surface area contributed by atoms with Crippen LogP contribution in [0.5, 0.6) is 0 Å². The van der Waals surface area contributed by atoms with Crippen LogP contribution in [0.4, 0.5) is 5.95 Å². The number of anilines is 1. The van der Waals surface area contributed by atoms with Gasteiger partial charge in [0.2, 0.25) is 5.95 Å². The van der Waals surface area contributed by atoms with Crippen molar-refractivity contribution in [3.63, 3.8) is 0 Å². The number of hydrogen-bond donors (Lipinski definition) is 2. The summed E-state index contributed by atoms with van der Waals surface area (Å²) in [6.07, 6.45) is 1.56. The van der Waals surface area contributed by atoms with Gasteiger partial charge in [-0.15, -0.1) is 5.10 Å². The van der Waals surface area contributed by atoms with E-state index in [4.69, 9.17) is 9.84 Å². The summed E-state index contributed by atoms with van der Waals surface area (Å²) in [7, 11) is 0. The first kappa shape index (κ1) is 13.7. The summed E-state index contributed by atoms with van der Waals surface area (Å²) in [5.41, 5.74) is 1.77. The first-order valence-electron chi connectivity index (χ1n) is 6.45. The molecule has 0 bridgehead atoms. The second-order valence-electron chi connectivity index (χ2n) is 4.47. The zero-order valence-electron chi connectivity index (χ0n) is 11.1. The average Bonchev–Trinajstić information content (AvgIpc) is 2.87. The van der Waals surface area contributed by atoms with Crippen LogP contribution in [0, 0.1) is 5.92 Å². The van der Waals surface area contributed by atoms with Gasteiger partial charge in [-0.25, -0.2) is 4.98 Å². The van der Waals surface area contributed by atoms with Gasteiger partial charge in [-0.05, 0) is 12.8 Å². The second-order valence-corrected chi connectivity index (χ2v) is 4.47. The van der Waals surface area contributed by atoms with Crippen molar-refractivity contribution in [3.05, 3.63) is 11.4 Å². The summed E-state index contributed by atoms with van der Waals surface area (Å²) in [6, 6.07) is -0.309. The molecule has 0 amide bonds. The van der Waals surface area contributed by atoms with E-state index in [0.717, 1.165) is 24.2 Å². The lowest BCUT2D eigenvalue weighted by molar-refractivity contribution is -0.141. The standard InChI is InChI=1S/C12H18N4O3/c1-3-8-9(4-2)15-16-12(13-8)14-10-6-19-5-7(10)11(17)18/h7,10H,3-6H2,1-2H3,(H,17,18)(H,13,14,16). The van der Waals surface area contributed by atoms with Crippen LogP contribution in [-0.2, 0) is 22.4 Å². The lowest BCUT2D eigenvalue weighted by Gasteiger charge is -2.15. The predicted molar refractivity (Wildman–Crippen MR) is 67.9 cm³/mol. The lowest BCUT2D eigenvalue weighted by atomic mass is 10.0. The Morgan fingerprint density at radius 3 is 2.68 bits per heavy atom. The molecule has 1 aliphatic rings. The van der Waals surface area contributed by atoms with Crippen LogP contribution in [0.1, 0.15) is 25.2 Å². The van der Waals surface area contributed by atoms with Crippen molar-refractivity contribution in [2.45, 2.75) is 32.7 Å². The Balaban J connectivity index is 2.12. The van der Waals surface area contributed by atoms with E-state index in [-0.39, 0.29) is 12.6 Å². The molecule has 104 valence electrons. The van der Waals surface area contributed by atoms with E-state index >= 15 is 0 Å². The van der Waals surface area contributed by atoms with E-state index < -0.39 is 11.9 Å². The van der Waals surface area contributed by atoms with Crippen molar-refractivity contribution >= 4 is 11.9 Å². The van der Waals surface area contributed by atoms with E-state index in [2.05, 4.69) is 20.5 Å². The summed E-state index contributed by atoms with van der Waals surface area (Å²) >= 11 is 0. The summed E-state index contributed by atoms with van der Waals surface area (Å²) in [5, 5.41) is 20.2. The molecular weight excluding hydrogens is 248 g/mol. The molecule has 7 heteroatoms. The molecule has 0 aromatic carbocycles. The van der Waals surface area contributed by atoms with Crippen LogP contribution in [0.2, 0.25) is 0 Å². The largest absolute Gasteiger partial charge is 0.481 e. The number of aryl methyl sites for hydroxylation is 2. The zero-order chi connectivity index (χ0) is 13.8. The quantitative estimate of drug-likeness (QED) is 0.801. The molecule has 1 fully saturated rings. The highest BCUT2D eigenvalue weighted by Crippen LogP contribution is 2.17. The number of ether oxygens (including phenoxy) is 1. The third-order valence-corrected chi connectivity index (χ3v) is 3.22. The van der Waals surface area contributed by atoms with Crippen molar-refractivity contribution < 1.29 is 14.6 Å². The SMILES string of the molecule is CCc1nnc(NC2COCC2C(=O)O)nc1CC. The summed E-state index contributed by atoms with van der Waals surface area (Å²) in [4.78, 5) is 15.4. The van der Waals surface area contributed by atoms with Crippen molar-refractivity contribution in [3.8, 4) is 0 Å². The number of rotatable bonds is 5. The van der Waals surface area contributed by atoms with Gasteiger partial charge >= 0.3 is 5.97 Å². The Kier molecular flexibility index (Phi) is 4.26. The van der Waals surface area contributed by atoms with Crippen molar-refractivity contribution in [2.24, 2.45) is 5.92 Å². The topological polar surface area (TPSA) is 97.2 Å². The minimum Gasteiger partial charge on any atom is -0.481 e. The maximum Gasteiger partial charge on any atom is 0.311 e. The van der Waals surface area contributed by atoms with Crippen LogP contribution in [0.15, 0.2) is 0 Å². The molecule has 0 spiro atoms. The Hall–Kier alpha value is -1.76. The summed E-state index contributed by atoms with van der Waals surface area (Å²) in [5.74, 6) is -1.07. The fourth-order valence-electron chi connectivity index (χ4n) is 2.10. The third-order valence-electron chi connectivity index (χ3n) is 3.22. The maximum atomic E-state index is 11.0. The Bertz CT molecular complexity index is 466. The van der Waals surface area contributed by atoms with Gasteiger partial charge < -0.3 is 15.2 Å². The van der Waals surface area contributed by atoms with E-state index in [9.17, 15) is 4.79 Å². The Morgan fingerprint density at radius 1 is 1.32 bits per heavy atom. The number of aliphatic carboxylic acids is 1. The van der Waals surface area contributed by atoms with E-state index in [0.29, 0.717) is 12.6 Å². The molecule has 19 heavy (non-hydrogen) atoms. The smallest absolute Gasteiger partial charge is 0.311 e. The van der Waals surface area contributed by atoms with Gasteiger partial charge in [0.25, 0.3) is 0 Å². The second kappa shape index (κ2) is 5.92. The van der Waals surface area contributed by atoms with Gasteiger partial charge in [-0.1, -0.05) is 13.8 Å². The van der Waals surface area contributed by atoms with E-state index in [1.807, 2.05) is 13.8 Å². The highest BCUT2D eigenvalue weighted by Gasteiger charge is 2.34. The fraction of sp³-hybridized carbons (Fsp3) is 0.667. The molecule has 7 nitrogen and oxygen atoms in total. The molecule has 0 saturated carbocycles. The van der Waals surface area contributed by atoms with Gasteiger partial charge in [-0.2, -0.15) is 5.10 Å². The molecule has 2 atom stereocenters. The molecule has 1 saturated heterocycles. The third kappa shape index (κ3) is 2.98. The zero-order valence-corrected chi connectivity index (χ0v) is 11.1. The molecular formula is C12H18N4O3. The van der Waals surface area contributed by atoms with Gasteiger partial charge in [0.15, 0.2) is 0 Å². The predicted octanol–water partition coefficient (Wildman–Crippen LogP) is 0.508. The van der Waals surface area contributed by atoms with Crippen molar-refractivity contribution in [1.29, 1.82) is 0 Å². The van der Waals surface area contributed by atoms with Gasteiger partial charge in [0.1, 0.15) is 5.92 Å². The average molecular weight is 266 g/mol. The molecule has 1 aromatic heterocycles. The van der Waals surface area contributed by atoms with Gasteiger partial charge in [0.05, 0.1) is 30.6 Å². The monoisotopic (exact) mass is 266 g/mol. The van der Waals surface area contributed by atoms with Crippen LogP contribution in [-0.4, -0.2) is 45.5 Å². The molecule has 2 unspecified atom stereocenters. The number of hydrogen-bond acceptors (Lipinski definition) is 6. The number of nitrogens with one attached hydrogen (secondary N) is 1. The molecule has 2 rings (SSSR count). The molecule has 1 aliphatic heterocycles. The lowest BCUT2D eigenvalue weighted by Crippen LogP contribution is -2.34. The number of nitrogens with zero attached hydrogens (tertiary/aromatic N) is 3. The number of carboxylic acids is 1. The summed E-state index contributed by atoms with van der Waals surface area (Å²) < 4.78 is 5.19. The van der Waals surface area contributed by atoms with Gasteiger partial charge in [0, 0.05) is 0 Å². The Morgan fingerprint density at radius 2 is 2.05 bits per heavy atom. The fourth-order valence-corrected chi connectivity index (χ4v) is 2.10. The van der Waals surface area contributed by atoms with E-state index in [1.54, 1.807) is 0 Å². The normalized spacial score (nSPS) is 22.4. The molecule has 0 radical (unpaired) electrons. The van der Waals surface area contributed by atoms with Gasteiger partial charge in [-0.3, -0.25) is 4.79 Å². The first-order valence-corrected chi connectivity index (χ1v) is 6.45. The molecule has 2 N–H and O–H groups in total. The molecule has 0 aliphatic carbocycles. The van der Waals surface area contributed by atoms with E-state index in [1.165, 1.54) is 0 Å². The highest BCUT2D eigenvalue weighted by atomic mass is 16.5. The minimum atomic E-state index is -0.871. The van der Waals surface area contributed by atoms with Crippen LogP contribution < -0.4 is 5.32 Å². The number of aromatic nitrogens is 3. The molecule has 1 aromatic rings. The van der Waals surface area contributed by atoms with Crippen LogP contribution in [0.25, 0.3) is 0 Å². The first-order chi connectivity index (χ1) is 9.15. The molecule has 2 heterocycles. The number of carboxylic acid groups (broad SMARTS) is 1. The minimum absolute atomic E-state index is 0.216. The Labute approximate surface area is 111 Å².